The van der Waals surface area contributed by atoms with Crippen LogP contribution in [0.15, 0.2) is 12.5 Å². The van der Waals surface area contributed by atoms with Gasteiger partial charge in [-0.1, -0.05) is 0 Å². The first-order valence-corrected chi connectivity index (χ1v) is 9.22. The second-order valence-corrected chi connectivity index (χ2v) is 6.56. The van der Waals surface area contributed by atoms with Gasteiger partial charge in [-0.25, -0.2) is 9.78 Å². The van der Waals surface area contributed by atoms with Crippen LogP contribution in [0.2, 0.25) is 0 Å². The highest BCUT2D eigenvalue weighted by Gasteiger charge is 2.28. The first-order valence-electron chi connectivity index (χ1n) is 9.22. The summed E-state index contributed by atoms with van der Waals surface area (Å²) < 4.78 is 0. The highest BCUT2D eigenvalue weighted by Crippen LogP contribution is 2.05. The molecular formula is C17H28N6O6. The number of imidazole rings is 1. The van der Waals surface area contributed by atoms with Gasteiger partial charge in [0.1, 0.15) is 12.1 Å². The van der Waals surface area contributed by atoms with Gasteiger partial charge in [0.15, 0.2) is 0 Å². The molecule has 2 amide bonds. The molecule has 0 aromatic carbocycles. The van der Waals surface area contributed by atoms with Gasteiger partial charge in [-0.2, -0.15) is 0 Å². The molecule has 0 saturated carbocycles. The van der Waals surface area contributed by atoms with Crippen molar-refractivity contribution in [3.63, 3.8) is 0 Å². The minimum absolute atomic E-state index is 0.0112. The van der Waals surface area contributed by atoms with Crippen LogP contribution in [0.4, 0.5) is 0 Å². The van der Waals surface area contributed by atoms with Crippen molar-refractivity contribution in [3.8, 4) is 0 Å². The number of carboxylic acids is 2. The Morgan fingerprint density at radius 1 is 1.07 bits per heavy atom. The molecule has 3 atom stereocenters. The molecule has 1 aromatic rings. The molecule has 0 aliphatic rings. The van der Waals surface area contributed by atoms with E-state index in [1.165, 1.54) is 12.5 Å². The molecule has 3 unspecified atom stereocenters. The maximum atomic E-state index is 12.6. The van der Waals surface area contributed by atoms with Gasteiger partial charge < -0.3 is 37.3 Å². The van der Waals surface area contributed by atoms with E-state index in [4.69, 9.17) is 16.6 Å². The molecule has 0 aliphatic carbocycles. The zero-order valence-corrected chi connectivity index (χ0v) is 16.0. The zero-order valence-electron chi connectivity index (χ0n) is 16.0. The van der Waals surface area contributed by atoms with Gasteiger partial charge >= 0.3 is 11.9 Å². The van der Waals surface area contributed by atoms with Gasteiger partial charge in [-0.05, 0) is 32.2 Å². The summed E-state index contributed by atoms with van der Waals surface area (Å²) in [5, 5.41) is 23.0. The molecule has 29 heavy (non-hydrogen) atoms. The van der Waals surface area contributed by atoms with Gasteiger partial charge in [0, 0.05) is 24.7 Å². The summed E-state index contributed by atoms with van der Waals surface area (Å²) in [6, 6.07) is -3.35. The number of hydrogen-bond acceptors (Lipinski definition) is 7. The van der Waals surface area contributed by atoms with Crippen LogP contribution < -0.4 is 22.1 Å². The van der Waals surface area contributed by atoms with E-state index in [0.29, 0.717) is 25.1 Å². The van der Waals surface area contributed by atoms with E-state index in [2.05, 4.69) is 20.6 Å². The lowest BCUT2D eigenvalue weighted by atomic mass is 10.1. The largest absolute Gasteiger partial charge is 0.481 e. The number of nitrogens with one attached hydrogen (secondary N) is 3. The number of carbonyl (C=O) groups excluding carboxylic acids is 2. The van der Waals surface area contributed by atoms with Crippen LogP contribution in [0.3, 0.4) is 0 Å². The molecular weight excluding hydrogens is 384 g/mol. The van der Waals surface area contributed by atoms with Crippen LogP contribution in [0, 0.1) is 0 Å². The highest BCUT2D eigenvalue weighted by atomic mass is 16.4. The quantitative estimate of drug-likeness (QED) is 0.174. The lowest BCUT2D eigenvalue weighted by molar-refractivity contribution is -0.142. The number of amides is 2. The number of aliphatic carboxylic acids is 2. The molecule has 1 aromatic heterocycles. The smallest absolute Gasteiger partial charge is 0.326 e. The average molecular weight is 412 g/mol. The molecule has 0 saturated heterocycles. The number of aromatic nitrogens is 2. The van der Waals surface area contributed by atoms with Gasteiger partial charge in [0.2, 0.25) is 11.8 Å². The molecule has 12 heteroatoms. The van der Waals surface area contributed by atoms with Crippen LogP contribution in [0.1, 0.15) is 37.8 Å². The third-order valence-corrected chi connectivity index (χ3v) is 4.18. The normalized spacial score (nSPS) is 13.9. The fourth-order valence-corrected chi connectivity index (χ4v) is 2.54. The van der Waals surface area contributed by atoms with Crippen molar-refractivity contribution in [2.24, 2.45) is 11.5 Å². The van der Waals surface area contributed by atoms with E-state index in [-0.39, 0.29) is 25.7 Å². The van der Waals surface area contributed by atoms with Gasteiger partial charge in [0.25, 0.3) is 0 Å². The summed E-state index contributed by atoms with van der Waals surface area (Å²) in [6.45, 7) is 0.401. The Bertz CT molecular complexity index is 680. The van der Waals surface area contributed by atoms with E-state index in [1.54, 1.807) is 0 Å². The molecule has 0 radical (unpaired) electrons. The summed E-state index contributed by atoms with van der Waals surface area (Å²) in [4.78, 5) is 53.5. The Kier molecular flexibility index (Phi) is 10.3. The molecule has 9 N–H and O–H groups in total. The third kappa shape index (κ3) is 9.17. The Labute approximate surface area is 167 Å². The second kappa shape index (κ2) is 12.5. The van der Waals surface area contributed by atoms with E-state index in [9.17, 15) is 24.3 Å². The first-order chi connectivity index (χ1) is 13.7. The number of aromatic amines is 1. The monoisotopic (exact) mass is 412 g/mol. The Hall–Kier alpha value is -2.99. The van der Waals surface area contributed by atoms with Crippen molar-refractivity contribution in [3.05, 3.63) is 18.2 Å². The lowest BCUT2D eigenvalue weighted by Gasteiger charge is -2.22. The Balaban J connectivity index is 2.76. The number of H-pyrrole nitrogens is 1. The topological polar surface area (TPSA) is 214 Å². The number of nitrogens with zero attached hydrogens (tertiary/aromatic N) is 1. The molecule has 0 bridgehead atoms. The Morgan fingerprint density at radius 3 is 2.31 bits per heavy atom. The molecule has 0 aliphatic heterocycles. The molecule has 0 spiro atoms. The van der Waals surface area contributed by atoms with Crippen LogP contribution in [-0.4, -0.2) is 68.6 Å². The molecule has 1 rings (SSSR count). The summed E-state index contributed by atoms with van der Waals surface area (Å²) >= 11 is 0. The van der Waals surface area contributed by atoms with Crippen LogP contribution in [0.5, 0.6) is 0 Å². The fourth-order valence-electron chi connectivity index (χ4n) is 2.54. The summed E-state index contributed by atoms with van der Waals surface area (Å²) in [5.41, 5.74) is 11.7. The number of rotatable bonds is 14. The average Bonchev–Trinajstić information content (AvgIpc) is 3.17. The predicted octanol–water partition coefficient (Wildman–Crippen LogP) is -1.67. The predicted molar refractivity (Wildman–Crippen MR) is 102 cm³/mol. The van der Waals surface area contributed by atoms with E-state index < -0.39 is 41.9 Å². The van der Waals surface area contributed by atoms with Crippen molar-refractivity contribution in [2.45, 2.75) is 56.7 Å². The summed E-state index contributed by atoms with van der Waals surface area (Å²) in [6.07, 6.45) is 3.83. The van der Waals surface area contributed by atoms with Crippen LogP contribution in [-0.2, 0) is 25.6 Å². The van der Waals surface area contributed by atoms with Gasteiger partial charge in [-0.15, -0.1) is 0 Å². The van der Waals surface area contributed by atoms with Crippen molar-refractivity contribution < 1.29 is 29.4 Å². The first kappa shape index (κ1) is 24.0. The number of hydrogen-bond donors (Lipinski definition) is 7. The molecule has 1 heterocycles. The number of carboxylic acid groups (broad SMARTS) is 2. The summed E-state index contributed by atoms with van der Waals surface area (Å²) in [7, 11) is 0. The number of unbranched alkanes of at least 4 members (excludes halogenated alkanes) is 1. The minimum atomic E-state index is -1.24. The maximum absolute atomic E-state index is 12.6. The van der Waals surface area contributed by atoms with E-state index in [1.807, 2.05) is 0 Å². The molecule has 12 nitrogen and oxygen atoms in total. The van der Waals surface area contributed by atoms with E-state index >= 15 is 0 Å². The van der Waals surface area contributed by atoms with Crippen molar-refractivity contribution >= 4 is 23.8 Å². The maximum Gasteiger partial charge on any atom is 0.326 e. The summed E-state index contributed by atoms with van der Waals surface area (Å²) in [5.74, 6) is -3.68. The van der Waals surface area contributed by atoms with Gasteiger partial charge in [-0.3, -0.25) is 14.4 Å². The number of nitrogens with two attached hydrogens (primary N) is 2. The van der Waals surface area contributed by atoms with Crippen LogP contribution in [0.25, 0.3) is 0 Å². The molecule has 0 fully saturated rings. The fraction of sp³-hybridized carbons (Fsp3) is 0.588. The minimum Gasteiger partial charge on any atom is -0.481 e. The molecule has 162 valence electrons. The van der Waals surface area contributed by atoms with Gasteiger partial charge in [0.05, 0.1) is 12.4 Å². The highest BCUT2D eigenvalue weighted by molar-refractivity contribution is 5.91. The third-order valence-electron chi connectivity index (χ3n) is 4.18. The lowest BCUT2D eigenvalue weighted by Crippen LogP contribution is -2.54. The standard InChI is InChI=1S/C17H28N6O6/c18-6-2-1-3-12(22-15(26)11(19)4-5-14(24)25)16(27)23-13(17(28)29)7-10-8-20-9-21-10/h8-9,11-13H,1-7,18-19H2,(H,20,21)(H,22,26)(H,23,27)(H,24,25)(H,28,29). The number of carbonyl (C=O) groups is 4. The van der Waals surface area contributed by atoms with Crippen molar-refractivity contribution in [2.75, 3.05) is 6.54 Å². The van der Waals surface area contributed by atoms with Crippen molar-refractivity contribution in [1.82, 2.24) is 20.6 Å². The van der Waals surface area contributed by atoms with Crippen LogP contribution >= 0.6 is 0 Å². The van der Waals surface area contributed by atoms with Crippen molar-refractivity contribution in [1.29, 1.82) is 0 Å². The zero-order chi connectivity index (χ0) is 21.8. The van der Waals surface area contributed by atoms with E-state index in [0.717, 1.165) is 0 Å². The second-order valence-electron chi connectivity index (χ2n) is 6.56. The SMILES string of the molecule is NCCCCC(NC(=O)C(N)CCC(=O)O)C(=O)NC(Cc1cnc[nH]1)C(=O)O. The Morgan fingerprint density at radius 2 is 1.76 bits per heavy atom.